The molecule has 0 spiro atoms. The Morgan fingerprint density at radius 1 is 1.44 bits per heavy atom. The van der Waals surface area contributed by atoms with Gasteiger partial charge < -0.3 is 15.9 Å². The molecule has 0 heterocycles. The van der Waals surface area contributed by atoms with Gasteiger partial charge >= 0.3 is 0 Å². The number of hydrogen-bond donors (Lipinski definition) is 4. The van der Waals surface area contributed by atoms with Crippen molar-refractivity contribution in [3.05, 3.63) is 0 Å². The van der Waals surface area contributed by atoms with E-state index in [1.807, 2.05) is 0 Å². The highest BCUT2D eigenvalue weighted by atomic mass is 32.1. The monoisotopic (exact) mass is 151 g/mol. The summed E-state index contributed by atoms with van der Waals surface area (Å²) in [5.74, 6) is 0. The first-order valence-corrected chi connectivity index (χ1v) is 3.14. The summed E-state index contributed by atoms with van der Waals surface area (Å²) < 4.78 is -0.547. The van der Waals surface area contributed by atoms with Gasteiger partial charge in [0.2, 0.25) is 0 Å². The van der Waals surface area contributed by atoms with Gasteiger partial charge in [0.15, 0.2) is 6.29 Å². The van der Waals surface area contributed by atoms with Gasteiger partial charge in [0, 0.05) is 4.75 Å². The molecule has 3 nitrogen and oxygen atoms in total. The van der Waals surface area contributed by atoms with Crippen molar-refractivity contribution in [1.82, 2.24) is 0 Å². The molecule has 0 rings (SSSR count). The number of aliphatic hydroxyl groups is 2. The summed E-state index contributed by atoms with van der Waals surface area (Å²) in [5, 5.41) is 17.1. The fourth-order valence-corrected chi connectivity index (χ4v) is 0.498. The number of thiol groups is 1. The van der Waals surface area contributed by atoms with Gasteiger partial charge in [-0.1, -0.05) is 0 Å². The van der Waals surface area contributed by atoms with Crippen LogP contribution < -0.4 is 5.73 Å². The van der Waals surface area contributed by atoms with Crippen LogP contribution in [-0.4, -0.2) is 27.3 Å². The van der Waals surface area contributed by atoms with Crippen LogP contribution in [0, 0.1) is 0 Å². The van der Waals surface area contributed by atoms with Crippen molar-refractivity contribution in [1.29, 1.82) is 0 Å². The summed E-state index contributed by atoms with van der Waals surface area (Å²) in [6.45, 7) is 3.44. The lowest BCUT2D eigenvalue weighted by atomic mass is 10.0. The minimum Gasteiger partial charge on any atom is -0.367 e. The molecule has 4 heteroatoms. The third-order valence-electron chi connectivity index (χ3n) is 1.14. The Morgan fingerprint density at radius 3 is 1.78 bits per heavy atom. The second kappa shape index (κ2) is 2.88. The van der Waals surface area contributed by atoms with E-state index in [1.165, 1.54) is 0 Å². The molecule has 1 unspecified atom stereocenters. The standard InChI is InChI=1S/C5H13NO2S/c1-5(2,9)3(6)4(7)8/h3-4,7-9H,6H2,1-2H3. The van der Waals surface area contributed by atoms with Crippen molar-refractivity contribution in [2.24, 2.45) is 5.73 Å². The molecular formula is C5H13NO2S. The highest BCUT2D eigenvalue weighted by Gasteiger charge is 2.26. The Bertz CT molecular complexity index is 89.4. The molecule has 9 heavy (non-hydrogen) atoms. The summed E-state index contributed by atoms with van der Waals surface area (Å²) in [4.78, 5) is 0. The lowest BCUT2D eigenvalue weighted by Gasteiger charge is -2.26. The lowest BCUT2D eigenvalue weighted by molar-refractivity contribution is -0.0635. The van der Waals surface area contributed by atoms with Crippen molar-refractivity contribution in [3.63, 3.8) is 0 Å². The van der Waals surface area contributed by atoms with Crippen LogP contribution >= 0.6 is 12.6 Å². The van der Waals surface area contributed by atoms with Crippen molar-refractivity contribution in [3.8, 4) is 0 Å². The average molecular weight is 151 g/mol. The molecule has 1 atom stereocenters. The van der Waals surface area contributed by atoms with E-state index >= 15 is 0 Å². The van der Waals surface area contributed by atoms with E-state index in [0.29, 0.717) is 0 Å². The maximum Gasteiger partial charge on any atom is 0.168 e. The minimum atomic E-state index is -1.49. The quantitative estimate of drug-likeness (QED) is 0.313. The Hall–Kier alpha value is 0.230. The lowest BCUT2D eigenvalue weighted by Crippen LogP contribution is -2.47. The van der Waals surface area contributed by atoms with E-state index in [9.17, 15) is 0 Å². The summed E-state index contributed by atoms with van der Waals surface area (Å²) in [6, 6.07) is -0.708. The van der Waals surface area contributed by atoms with Gasteiger partial charge in [-0.25, -0.2) is 0 Å². The number of aliphatic hydroxyl groups excluding tert-OH is 1. The third-order valence-corrected chi connectivity index (χ3v) is 1.44. The molecule has 0 aliphatic heterocycles. The van der Waals surface area contributed by atoms with Gasteiger partial charge in [-0.2, -0.15) is 12.6 Å². The van der Waals surface area contributed by atoms with Crippen LogP contribution in [-0.2, 0) is 0 Å². The van der Waals surface area contributed by atoms with E-state index in [0.717, 1.165) is 0 Å². The molecule has 0 aliphatic carbocycles. The highest BCUT2D eigenvalue weighted by Crippen LogP contribution is 2.16. The van der Waals surface area contributed by atoms with E-state index in [-0.39, 0.29) is 0 Å². The first-order valence-electron chi connectivity index (χ1n) is 2.70. The van der Waals surface area contributed by atoms with Gasteiger partial charge in [-0.3, -0.25) is 0 Å². The molecule has 0 radical (unpaired) electrons. The zero-order valence-corrected chi connectivity index (χ0v) is 6.47. The molecular weight excluding hydrogens is 138 g/mol. The molecule has 0 aromatic heterocycles. The van der Waals surface area contributed by atoms with Gasteiger partial charge in [0.05, 0.1) is 6.04 Å². The average Bonchev–Trinajstić information content (AvgIpc) is 1.62. The van der Waals surface area contributed by atoms with Crippen LogP contribution in [0.4, 0.5) is 0 Å². The second-order valence-electron chi connectivity index (χ2n) is 2.59. The number of rotatable bonds is 2. The molecule has 4 N–H and O–H groups in total. The molecule has 0 saturated carbocycles. The summed E-state index contributed by atoms with van der Waals surface area (Å²) in [7, 11) is 0. The van der Waals surface area contributed by atoms with Gasteiger partial charge in [0.1, 0.15) is 0 Å². The number of nitrogens with two attached hydrogens (primary N) is 1. The summed E-state index contributed by atoms with van der Waals surface area (Å²) >= 11 is 4.04. The van der Waals surface area contributed by atoms with E-state index in [1.54, 1.807) is 13.8 Å². The first-order chi connectivity index (χ1) is 3.85. The van der Waals surface area contributed by atoms with Crippen molar-refractivity contribution >= 4 is 12.6 Å². The molecule has 0 aliphatic rings. The molecule has 0 aromatic rings. The topological polar surface area (TPSA) is 66.5 Å². The van der Waals surface area contributed by atoms with Gasteiger partial charge in [-0.15, -0.1) is 0 Å². The molecule has 0 amide bonds. The van der Waals surface area contributed by atoms with Crippen molar-refractivity contribution in [2.75, 3.05) is 0 Å². The first kappa shape index (κ1) is 9.23. The summed E-state index contributed by atoms with van der Waals surface area (Å²) in [6.07, 6.45) is -1.49. The summed E-state index contributed by atoms with van der Waals surface area (Å²) in [5.41, 5.74) is 5.32. The van der Waals surface area contributed by atoms with Crippen molar-refractivity contribution in [2.45, 2.75) is 30.9 Å². The third kappa shape index (κ3) is 3.05. The molecule has 56 valence electrons. The Labute approximate surface area is 60.3 Å². The maximum absolute atomic E-state index is 8.54. The Balaban J connectivity index is 3.88. The van der Waals surface area contributed by atoms with Gasteiger partial charge in [0.25, 0.3) is 0 Å². The smallest absolute Gasteiger partial charge is 0.168 e. The SMILES string of the molecule is CC(C)(S)C(N)C(O)O. The van der Waals surface area contributed by atoms with Crippen LogP contribution in [0.1, 0.15) is 13.8 Å². The zero-order valence-electron chi connectivity index (χ0n) is 5.57. The van der Waals surface area contributed by atoms with Crippen molar-refractivity contribution < 1.29 is 10.2 Å². The Morgan fingerprint density at radius 2 is 1.78 bits per heavy atom. The molecule has 0 bridgehead atoms. The van der Waals surface area contributed by atoms with Gasteiger partial charge in [-0.05, 0) is 13.8 Å². The van der Waals surface area contributed by atoms with Crippen LogP contribution in [0.15, 0.2) is 0 Å². The predicted octanol–water partition coefficient (Wildman–Crippen LogP) is -0.667. The molecule has 0 aromatic carbocycles. The van der Waals surface area contributed by atoms with Crippen LogP contribution in [0.25, 0.3) is 0 Å². The minimum absolute atomic E-state index is 0.547. The van der Waals surface area contributed by atoms with E-state index in [2.05, 4.69) is 12.6 Å². The zero-order chi connectivity index (χ0) is 7.65. The van der Waals surface area contributed by atoms with Crippen LogP contribution in [0.3, 0.4) is 0 Å². The molecule has 0 saturated heterocycles. The van der Waals surface area contributed by atoms with Crippen LogP contribution in [0.2, 0.25) is 0 Å². The highest BCUT2D eigenvalue weighted by molar-refractivity contribution is 7.81. The fourth-order valence-electron chi connectivity index (χ4n) is 0.365. The maximum atomic E-state index is 8.54. The predicted molar refractivity (Wildman–Crippen MR) is 39.3 cm³/mol. The second-order valence-corrected chi connectivity index (χ2v) is 3.75. The molecule has 0 fully saturated rings. The normalized spacial score (nSPS) is 16.3. The Kier molecular flexibility index (Phi) is 2.95. The van der Waals surface area contributed by atoms with E-state index < -0.39 is 17.1 Å². The number of hydrogen-bond acceptors (Lipinski definition) is 4. The fraction of sp³-hybridized carbons (Fsp3) is 1.00. The van der Waals surface area contributed by atoms with E-state index in [4.69, 9.17) is 15.9 Å². The van der Waals surface area contributed by atoms with Crippen LogP contribution in [0.5, 0.6) is 0 Å². The largest absolute Gasteiger partial charge is 0.367 e.